The second-order valence-electron chi connectivity index (χ2n) is 4.63. The Morgan fingerprint density at radius 2 is 2.12 bits per heavy atom. The highest BCUT2D eigenvalue weighted by atomic mass is 16.2. The minimum Gasteiger partial charge on any atom is -0.220 e. The van der Waals surface area contributed by atoms with Crippen molar-refractivity contribution in [2.24, 2.45) is 0 Å². The third kappa shape index (κ3) is 1.12. The van der Waals surface area contributed by atoms with Crippen molar-refractivity contribution in [3.05, 3.63) is 35.2 Å². The van der Waals surface area contributed by atoms with Crippen LogP contribution in [0.4, 0.5) is 5.82 Å². The van der Waals surface area contributed by atoms with Gasteiger partial charge in [0.2, 0.25) is 0 Å². The Morgan fingerprint density at radius 1 is 1.31 bits per heavy atom. The van der Waals surface area contributed by atoms with E-state index in [4.69, 9.17) is 0 Å². The molecule has 3 rings (SSSR count). The number of quaternary nitrogens is 1. The van der Waals surface area contributed by atoms with Gasteiger partial charge in [-0.25, -0.2) is 9.69 Å². The van der Waals surface area contributed by atoms with Gasteiger partial charge in [-0.3, -0.25) is 0 Å². The predicted octanol–water partition coefficient (Wildman–Crippen LogP) is 0.521. The normalized spacial score (nSPS) is 23.4. The maximum atomic E-state index is 12.4. The topological polar surface area (TPSA) is 25.4 Å². The first-order chi connectivity index (χ1) is 7.70. The van der Waals surface area contributed by atoms with Crippen LogP contribution in [0.2, 0.25) is 0 Å². The van der Waals surface area contributed by atoms with E-state index in [9.17, 15) is 4.79 Å². The quantitative estimate of drug-likeness (QED) is 0.629. The molecule has 16 heavy (non-hydrogen) atoms. The first-order valence-electron chi connectivity index (χ1n) is 5.83. The lowest BCUT2D eigenvalue weighted by molar-refractivity contribution is -0.842. The van der Waals surface area contributed by atoms with Crippen LogP contribution in [-0.4, -0.2) is 13.0 Å². The van der Waals surface area contributed by atoms with Gasteiger partial charge < -0.3 is 0 Å². The van der Waals surface area contributed by atoms with E-state index in [1.165, 1.54) is 10.6 Å². The number of carbonyl (C=O) groups excluding carboxylic acids is 1. The molecule has 3 heteroatoms. The fraction of sp³-hybridized carbons (Fsp3) is 0.385. The van der Waals surface area contributed by atoms with Crippen molar-refractivity contribution in [3.8, 4) is 0 Å². The minimum absolute atomic E-state index is 0.200. The van der Waals surface area contributed by atoms with Crippen molar-refractivity contribution < 1.29 is 14.3 Å². The van der Waals surface area contributed by atoms with Gasteiger partial charge in [0.15, 0.2) is 5.69 Å². The smallest absolute Gasteiger partial charge is 0.220 e. The molecule has 0 saturated carbocycles. The highest BCUT2D eigenvalue weighted by molar-refractivity contribution is 5.88. The average molecular weight is 216 g/mol. The number of aryl methyl sites for hydroxylation is 1. The molecule has 1 atom stereocenters. The number of aromatic nitrogens is 1. The maximum Gasteiger partial charge on any atom is 0.431 e. The zero-order valence-electron chi connectivity index (χ0n) is 9.71. The standard InChI is InChI=1S/C13H15N2O/c1-9-5-3-8-12-14(2)11-7-4-6-10(11)13(16)15(9)12/h3,5,8H,4,6-7H2,1-2H3/q+1/p+1. The lowest BCUT2D eigenvalue weighted by Gasteiger charge is -2.17. The molecule has 1 aromatic rings. The Kier molecular flexibility index (Phi) is 1.98. The van der Waals surface area contributed by atoms with Crippen molar-refractivity contribution in [2.45, 2.75) is 26.2 Å². The number of allylic oxidation sites excluding steroid dienone is 2. The minimum atomic E-state index is 0.200. The van der Waals surface area contributed by atoms with E-state index in [-0.39, 0.29) is 5.91 Å². The van der Waals surface area contributed by atoms with Crippen LogP contribution in [0.15, 0.2) is 29.5 Å². The SMILES string of the molecule is Cc1cccc2[n+]1C(=O)C1=C(CCC1)[NH+]2C. The third-order valence-corrected chi connectivity index (χ3v) is 3.70. The number of pyridine rings is 1. The van der Waals surface area contributed by atoms with E-state index in [1.54, 1.807) is 0 Å². The third-order valence-electron chi connectivity index (χ3n) is 3.70. The number of carbonyl (C=O) groups is 1. The van der Waals surface area contributed by atoms with Gasteiger partial charge in [0.05, 0.1) is 13.1 Å². The van der Waals surface area contributed by atoms with E-state index in [1.807, 2.05) is 29.7 Å². The molecule has 1 aromatic heterocycles. The number of rotatable bonds is 0. The zero-order valence-corrected chi connectivity index (χ0v) is 9.71. The Labute approximate surface area is 95.0 Å². The van der Waals surface area contributed by atoms with Gasteiger partial charge in [0.1, 0.15) is 11.3 Å². The Hall–Kier alpha value is -1.48. The van der Waals surface area contributed by atoms with E-state index < -0.39 is 0 Å². The summed E-state index contributed by atoms with van der Waals surface area (Å²) in [6.07, 6.45) is 3.15. The molecule has 0 fully saturated rings. The van der Waals surface area contributed by atoms with Gasteiger partial charge in [0.25, 0.3) is 0 Å². The fourth-order valence-electron chi connectivity index (χ4n) is 2.86. The highest BCUT2D eigenvalue weighted by Gasteiger charge is 2.44. The molecular weight excluding hydrogens is 200 g/mol. The van der Waals surface area contributed by atoms with E-state index in [0.29, 0.717) is 0 Å². The van der Waals surface area contributed by atoms with Crippen molar-refractivity contribution in [1.82, 2.24) is 0 Å². The van der Waals surface area contributed by atoms with Crippen molar-refractivity contribution in [3.63, 3.8) is 0 Å². The van der Waals surface area contributed by atoms with E-state index >= 15 is 0 Å². The molecule has 0 amide bonds. The monoisotopic (exact) mass is 216 g/mol. The second kappa shape index (κ2) is 3.25. The largest absolute Gasteiger partial charge is 0.431 e. The molecule has 1 aliphatic carbocycles. The molecule has 2 aliphatic rings. The molecule has 0 radical (unpaired) electrons. The molecule has 0 saturated heterocycles. The molecular formula is C13H16N2O+2. The van der Waals surface area contributed by atoms with Gasteiger partial charge in [-0.1, -0.05) is 4.57 Å². The van der Waals surface area contributed by atoms with Crippen LogP contribution in [0, 0.1) is 6.92 Å². The molecule has 2 heterocycles. The fourth-order valence-corrected chi connectivity index (χ4v) is 2.86. The lowest BCUT2D eigenvalue weighted by atomic mass is 10.1. The molecule has 0 bridgehead atoms. The Balaban J connectivity index is 2.25. The first-order valence-corrected chi connectivity index (χ1v) is 5.83. The summed E-state index contributed by atoms with van der Waals surface area (Å²) in [5.74, 6) is 1.27. The average Bonchev–Trinajstić information content (AvgIpc) is 2.75. The summed E-state index contributed by atoms with van der Waals surface area (Å²) in [4.78, 5) is 13.6. The number of fused-ring (bicyclic) bond motifs is 1. The van der Waals surface area contributed by atoms with Crippen LogP contribution in [0.25, 0.3) is 0 Å². The Morgan fingerprint density at radius 3 is 2.94 bits per heavy atom. The van der Waals surface area contributed by atoms with Crippen LogP contribution in [0.3, 0.4) is 0 Å². The zero-order chi connectivity index (χ0) is 11.3. The molecule has 1 N–H and O–H groups in total. The highest BCUT2D eigenvalue weighted by Crippen LogP contribution is 2.25. The van der Waals surface area contributed by atoms with Gasteiger partial charge in [-0.2, -0.15) is 0 Å². The molecule has 0 aromatic carbocycles. The maximum absolute atomic E-state index is 12.4. The molecule has 0 spiro atoms. The van der Waals surface area contributed by atoms with Crippen molar-refractivity contribution in [2.75, 3.05) is 7.05 Å². The summed E-state index contributed by atoms with van der Waals surface area (Å²) < 4.78 is 1.86. The van der Waals surface area contributed by atoms with Crippen molar-refractivity contribution in [1.29, 1.82) is 0 Å². The van der Waals surface area contributed by atoms with Crippen molar-refractivity contribution >= 4 is 11.7 Å². The first kappa shape index (κ1) is 9.73. The van der Waals surface area contributed by atoms with Crippen LogP contribution in [-0.2, 0) is 0 Å². The summed E-state index contributed by atoms with van der Waals surface area (Å²) in [5.41, 5.74) is 3.38. The summed E-state index contributed by atoms with van der Waals surface area (Å²) in [7, 11) is 2.14. The summed E-state index contributed by atoms with van der Waals surface area (Å²) in [6, 6.07) is 6.07. The molecule has 1 aliphatic heterocycles. The van der Waals surface area contributed by atoms with E-state index in [0.717, 1.165) is 36.3 Å². The number of hydrogen-bond acceptors (Lipinski definition) is 1. The molecule has 82 valence electrons. The summed E-state index contributed by atoms with van der Waals surface area (Å²) in [5, 5.41) is 0. The van der Waals surface area contributed by atoms with Gasteiger partial charge in [-0.15, -0.1) is 0 Å². The summed E-state index contributed by atoms with van der Waals surface area (Å²) >= 11 is 0. The number of nitrogens with zero attached hydrogens (tertiary/aromatic N) is 1. The number of nitrogens with one attached hydrogen (secondary N) is 1. The second-order valence-corrected chi connectivity index (χ2v) is 4.63. The van der Waals surface area contributed by atoms with Gasteiger partial charge in [-0.05, 0) is 18.9 Å². The van der Waals surface area contributed by atoms with E-state index in [2.05, 4.69) is 7.05 Å². The predicted molar refractivity (Wildman–Crippen MR) is 59.4 cm³/mol. The van der Waals surface area contributed by atoms with Crippen LogP contribution >= 0.6 is 0 Å². The van der Waals surface area contributed by atoms with Crippen LogP contribution in [0.1, 0.15) is 29.8 Å². The molecule has 1 unspecified atom stereocenters. The van der Waals surface area contributed by atoms with Gasteiger partial charge >= 0.3 is 11.7 Å². The van der Waals surface area contributed by atoms with Crippen LogP contribution < -0.4 is 9.47 Å². The van der Waals surface area contributed by atoms with Gasteiger partial charge in [0, 0.05) is 19.4 Å². The number of hydrogen-bond donors (Lipinski definition) is 1. The molecule has 3 nitrogen and oxygen atoms in total. The summed E-state index contributed by atoms with van der Waals surface area (Å²) in [6.45, 7) is 2.00. The Bertz CT molecular complexity index is 517. The van der Waals surface area contributed by atoms with Crippen LogP contribution in [0.5, 0.6) is 0 Å². The lowest BCUT2D eigenvalue weighted by Crippen LogP contribution is -3.06.